The van der Waals surface area contributed by atoms with Gasteiger partial charge in [0.05, 0.1) is 13.7 Å². The van der Waals surface area contributed by atoms with E-state index < -0.39 is 0 Å². The van der Waals surface area contributed by atoms with Gasteiger partial charge in [-0.05, 0) is 55.5 Å². The molecule has 1 aromatic rings. The fourth-order valence-corrected chi connectivity index (χ4v) is 3.07. The van der Waals surface area contributed by atoms with Crippen LogP contribution in [0.25, 0.3) is 0 Å². The van der Waals surface area contributed by atoms with Gasteiger partial charge in [-0.25, -0.2) is 0 Å². The molecule has 0 aliphatic carbocycles. The molecule has 20 heavy (non-hydrogen) atoms. The van der Waals surface area contributed by atoms with Crippen LogP contribution in [0.4, 0.5) is 0 Å². The van der Waals surface area contributed by atoms with Crippen LogP contribution in [-0.4, -0.2) is 30.2 Å². The minimum absolute atomic E-state index is 0.0897. The SMILES string of the molecule is COc1ccc(CO)cc1CN1CCC(C(C)C)CC1. The van der Waals surface area contributed by atoms with Crippen molar-refractivity contribution < 1.29 is 9.84 Å². The molecular weight excluding hydrogens is 250 g/mol. The Balaban J connectivity index is 2.00. The molecule has 0 unspecified atom stereocenters. The lowest BCUT2D eigenvalue weighted by Crippen LogP contribution is -2.34. The Morgan fingerprint density at radius 1 is 1.30 bits per heavy atom. The Labute approximate surface area is 122 Å². The summed E-state index contributed by atoms with van der Waals surface area (Å²) in [4.78, 5) is 2.50. The number of hydrogen-bond donors (Lipinski definition) is 1. The lowest BCUT2D eigenvalue weighted by molar-refractivity contribution is 0.150. The van der Waals surface area contributed by atoms with Crippen LogP contribution in [0.5, 0.6) is 5.75 Å². The molecule has 0 radical (unpaired) electrons. The smallest absolute Gasteiger partial charge is 0.123 e. The first-order valence-corrected chi connectivity index (χ1v) is 7.63. The monoisotopic (exact) mass is 277 g/mol. The second-order valence-corrected chi connectivity index (χ2v) is 6.16. The first-order valence-electron chi connectivity index (χ1n) is 7.63. The van der Waals surface area contributed by atoms with Crippen LogP contribution in [0.2, 0.25) is 0 Å². The first-order chi connectivity index (χ1) is 9.63. The van der Waals surface area contributed by atoms with Crippen LogP contribution >= 0.6 is 0 Å². The molecule has 1 aliphatic rings. The van der Waals surface area contributed by atoms with Crippen LogP contribution < -0.4 is 4.74 Å². The van der Waals surface area contributed by atoms with Gasteiger partial charge in [0.2, 0.25) is 0 Å². The predicted molar refractivity (Wildman–Crippen MR) is 81.8 cm³/mol. The van der Waals surface area contributed by atoms with Gasteiger partial charge in [-0.15, -0.1) is 0 Å². The van der Waals surface area contributed by atoms with Crippen molar-refractivity contribution in [3.63, 3.8) is 0 Å². The summed E-state index contributed by atoms with van der Waals surface area (Å²) in [5, 5.41) is 9.27. The number of piperidine rings is 1. The molecule has 2 rings (SSSR count). The van der Waals surface area contributed by atoms with Crippen molar-refractivity contribution in [1.82, 2.24) is 4.90 Å². The van der Waals surface area contributed by atoms with Crippen LogP contribution in [0.15, 0.2) is 18.2 Å². The van der Waals surface area contributed by atoms with E-state index >= 15 is 0 Å². The van der Waals surface area contributed by atoms with Gasteiger partial charge in [-0.3, -0.25) is 4.90 Å². The molecule has 0 atom stereocenters. The van der Waals surface area contributed by atoms with Gasteiger partial charge in [0.15, 0.2) is 0 Å². The maximum absolute atomic E-state index is 9.27. The molecule has 0 aromatic heterocycles. The summed E-state index contributed by atoms with van der Waals surface area (Å²) in [6.07, 6.45) is 2.58. The topological polar surface area (TPSA) is 32.7 Å². The predicted octanol–water partition coefficient (Wildman–Crippen LogP) is 3.06. The van der Waals surface area contributed by atoms with Gasteiger partial charge in [0.1, 0.15) is 5.75 Å². The third kappa shape index (κ3) is 3.74. The second-order valence-electron chi connectivity index (χ2n) is 6.16. The summed E-state index contributed by atoms with van der Waals surface area (Å²) >= 11 is 0. The zero-order chi connectivity index (χ0) is 14.5. The standard InChI is InChI=1S/C17H27NO2/c1-13(2)15-6-8-18(9-7-15)11-16-10-14(12-19)4-5-17(16)20-3/h4-5,10,13,15,19H,6-9,11-12H2,1-3H3. The highest BCUT2D eigenvalue weighted by Crippen LogP contribution is 2.27. The summed E-state index contributed by atoms with van der Waals surface area (Å²) < 4.78 is 5.44. The second kappa shape index (κ2) is 7.09. The molecule has 0 amide bonds. The van der Waals surface area contributed by atoms with E-state index in [9.17, 15) is 5.11 Å². The number of aliphatic hydroxyl groups is 1. The molecule has 3 nitrogen and oxygen atoms in total. The van der Waals surface area contributed by atoms with Crippen molar-refractivity contribution in [3.8, 4) is 5.75 Å². The van der Waals surface area contributed by atoms with E-state index in [0.717, 1.165) is 42.8 Å². The van der Waals surface area contributed by atoms with Gasteiger partial charge < -0.3 is 9.84 Å². The molecule has 1 heterocycles. The van der Waals surface area contributed by atoms with Crippen molar-refractivity contribution in [1.29, 1.82) is 0 Å². The van der Waals surface area contributed by atoms with Crippen molar-refractivity contribution in [2.45, 2.75) is 39.8 Å². The average Bonchev–Trinajstić information content (AvgIpc) is 2.47. The van der Waals surface area contributed by atoms with E-state index in [4.69, 9.17) is 4.74 Å². The van der Waals surface area contributed by atoms with Gasteiger partial charge >= 0.3 is 0 Å². The van der Waals surface area contributed by atoms with Crippen LogP contribution in [-0.2, 0) is 13.2 Å². The summed E-state index contributed by atoms with van der Waals surface area (Å²) in [7, 11) is 1.71. The molecule has 0 spiro atoms. The molecule has 0 bridgehead atoms. The number of benzene rings is 1. The molecule has 0 saturated carbocycles. The Hall–Kier alpha value is -1.06. The summed E-state index contributed by atoms with van der Waals surface area (Å²) in [5.41, 5.74) is 2.14. The number of rotatable bonds is 5. The van der Waals surface area contributed by atoms with Crippen molar-refractivity contribution in [2.24, 2.45) is 11.8 Å². The Kier molecular flexibility index (Phi) is 5.44. The normalized spacial score (nSPS) is 17.6. The van der Waals surface area contributed by atoms with E-state index in [0.29, 0.717) is 0 Å². The zero-order valence-electron chi connectivity index (χ0n) is 12.9. The number of methoxy groups -OCH3 is 1. The lowest BCUT2D eigenvalue weighted by atomic mass is 9.86. The number of nitrogens with zero attached hydrogens (tertiary/aromatic N) is 1. The highest BCUT2D eigenvalue weighted by atomic mass is 16.5. The third-order valence-corrected chi connectivity index (χ3v) is 4.50. The lowest BCUT2D eigenvalue weighted by Gasteiger charge is -2.34. The number of hydrogen-bond acceptors (Lipinski definition) is 3. The highest BCUT2D eigenvalue weighted by Gasteiger charge is 2.22. The molecule has 1 aromatic carbocycles. The molecule has 3 heteroatoms. The molecule has 1 fully saturated rings. The Bertz CT molecular complexity index is 423. The third-order valence-electron chi connectivity index (χ3n) is 4.50. The highest BCUT2D eigenvalue weighted by molar-refractivity contribution is 5.37. The van der Waals surface area contributed by atoms with E-state index in [1.807, 2.05) is 12.1 Å². The van der Waals surface area contributed by atoms with E-state index in [2.05, 4.69) is 24.8 Å². The maximum atomic E-state index is 9.27. The molecule has 112 valence electrons. The Morgan fingerprint density at radius 3 is 2.55 bits per heavy atom. The van der Waals surface area contributed by atoms with Crippen molar-refractivity contribution >= 4 is 0 Å². The fourth-order valence-electron chi connectivity index (χ4n) is 3.07. The molecular formula is C17H27NO2. The van der Waals surface area contributed by atoms with Crippen LogP contribution in [0, 0.1) is 11.8 Å². The molecule has 1 saturated heterocycles. The van der Waals surface area contributed by atoms with Crippen molar-refractivity contribution in [2.75, 3.05) is 20.2 Å². The van der Waals surface area contributed by atoms with Gasteiger partial charge in [-0.2, -0.15) is 0 Å². The average molecular weight is 277 g/mol. The number of aliphatic hydroxyl groups excluding tert-OH is 1. The summed E-state index contributed by atoms with van der Waals surface area (Å²) in [6.45, 7) is 7.99. The van der Waals surface area contributed by atoms with E-state index in [-0.39, 0.29) is 6.61 Å². The van der Waals surface area contributed by atoms with E-state index in [1.54, 1.807) is 7.11 Å². The molecule has 1 N–H and O–H groups in total. The van der Waals surface area contributed by atoms with E-state index in [1.165, 1.54) is 18.4 Å². The first kappa shape index (κ1) is 15.3. The molecule has 1 aliphatic heterocycles. The van der Waals surface area contributed by atoms with Crippen LogP contribution in [0.1, 0.15) is 37.8 Å². The number of ether oxygens (including phenoxy) is 1. The Morgan fingerprint density at radius 2 is 2.00 bits per heavy atom. The zero-order valence-corrected chi connectivity index (χ0v) is 12.9. The van der Waals surface area contributed by atoms with Gasteiger partial charge in [0.25, 0.3) is 0 Å². The maximum Gasteiger partial charge on any atom is 0.123 e. The largest absolute Gasteiger partial charge is 0.496 e. The minimum atomic E-state index is 0.0897. The summed E-state index contributed by atoms with van der Waals surface area (Å²) in [5.74, 6) is 2.59. The van der Waals surface area contributed by atoms with Gasteiger partial charge in [0, 0.05) is 12.1 Å². The van der Waals surface area contributed by atoms with Crippen LogP contribution in [0.3, 0.4) is 0 Å². The number of likely N-dealkylation sites (tertiary alicyclic amines) is 1. The minimum Gasteiger partial charge on any atom is -0.496 e. The fraction of sp³-hybridized carbons (Fsp3) is 0.647. The summed E-state index contributed by atoms with van der Waals surface area (Å²) in [6, 6.07) is 5.95. The van der Waals surface area contributed by atoms with Crippen molar-refractivity contribution in [3.05, 3.63) is 29.3 Å². The quantitative estimate of drug-likeness (QED) is 0.898. The van der Waals surface area contributed by atoms with Gasteiger partial charge in [-0.1, -0.05) is 19.9 Å².